The molecule has 0 spiro atoms. The Morgan fingerprint density at radius 1 is 0.525 bits per heavy atom. The molecule has 2 atom stereocenters. The molecule has 0 radical (unpaired) electrons. The first-order chi connectivity index (χ1) is 28.8. The number of hydrogen-bond acceptors (Lipinski definition) is 8. The summed E-state index contributed by atoms with van der Waals surface area (Å²) in [5, 5.41) is 0. The zero-order chi connectivity index (χ0) is 43.2. The average Bonchev–Trinajstić information content (AvgIpc) is 3.22. The molecule has 0 bridgehead atoms. The van der Waals surface area contributed by atoms with Gasteiger partial charge in [0.1, 0.15) is 6.61 Å². The minimum absolute atomic E-state index is 0.0362. The maximum Gasteiger partial charge on any atom is 0.472 e. The molecule has 0 aromatic heterocycles. The van der Waals surface area contributed by atoms with Crippen molar-refractivity contribution in [2.24, 2.45) is 5.73 Å². The van der Waals surface area contributed by atoms with Crippen LogP contribution in [0.1, 0.15) is 168 Å². The number of unbranched alkanes of at least 4 members (excludes halogenated alkanes) is 12. The molecule has 0 amide bonds. The van der Waals surface area contributed by atoms with Gasteiger partial charge in [0.05, 0.1) is 13.2 Å². The van der Waals surface area contributed by atoms with Crippen LogP contribution in [-0.2, 0) is 32.7 Å². The standard InChI is InChI=1S/C49H82NO8P/c1-3-5-7-9-11-13-15-17-19-21-23-25-27-29-31-33-35-37-39-41-48(51)55-45-47(46-57-59(53,54)56-44-43-50)58-49(52)42-40-38-36-34-32-30-28-26-24-22-20-18-16-14-12-10-8-6-4-2/h6,8,11-14,17-20,24,26,30,32,36,38,47H,3-5,7,9-10,15-16,21-23,25,27-29,31,33-35,37,39-46,50H2,1-2H3,(H,53,54)/b8-6-,13-11-,14-12-,19-17-,20-18-,26-24-,32-30-,38-36-/t47-/m1/s1. The van der Waals surface area contributed by atoms with Gasteiger partial charge in [-0.05, 0) is 83.5 Å². The second-order valence-corrected chi connectivity index (χ2v) is 16.0. The van der Waals surface area contributed by atoms with Crippen molar-refractivity contribution in [2.45, 2.75) is 174 Å². The summed E-state index contributed by atoms with van der Waals surface area (Å²) in [7, 11) is -4.41. The molecule has 0 aliphatic rings. The van der Waals surface area contributed by atoms with Crippen LogP contribution in [0.2, 0.25) is 0 Å². The van der Waals surface area contributed by atoms with Gasteiger partial charge in [0.2, 0.25) is 0 Å². The predicted octanol–water partition coefficient (Wildman–Crippen LogP) is 13.4. The maximum absolute atomic E-state index is 12.6. The fourth-order valence-electron chi connectivity index (χ4n) is 5.63. The first-order valence-electron chi connectivity index (χ1n) is 22.7. The summed E-state index contributed by atoms with van der Waals surface area (Å²) < 4.78 is 32.7. The molecule has 59 heavy (non-hydrogen) atoms. The molecule has 0 aliphatic carbocycles. The van der Waals surface area contributed by atoms with Crippen LogP contribution in [-0.4, -0.2) is 49.3 Å². The third-order valence-electron chi connectivity index (χ3n) is 8.97. The maximum atomic E-state index is 12.6. The number of rotatable bonds is 41. The lowest BCUT2D eigenvalue weighted by Gasteiger charge is -2.19. The largest absolute Gasteiger partial charge is 0.472 e. The van der Waals surface area contributed by atoms with E-state index in [9.17, 15) is 19.0 Å². The number of phosphoric ester groups is 1. The lowest BCUT2D eigenvalue weighted by atomic mass is 10.1. The van der Waals surface area contributed by atoms with Gasteiger partial charge in [-0.1, -0.05) is 169 Å². The number of esters is 2. The van der Waals surface area contributed by atoms with Gasteiger partial charge in [0, 0.05) is 19.4 Å². The van der Waals surface area contributed by atoms with Crippen LogP contribution in [0.3, 0.4) is 0 Å². The highest BCUT2D eigenvalue weighted by Crippen LogP contribution is 2.43. The SMILES string of the molecule is CC/C=C\C/C=C\C/C=C\C/C=C\C/C=C\C/C=C\CCC(=O)O[C@H](COC(=O)CCCCCCCCCCC/C=C\C/C=C\CCCCC)COP(=O)(O)OCCN. The summed E-state index contributed by atoms with van der Waals surface area (Å²) in [5.74, 6) is -0.939. The van der Waals surface area contributed by atoms with Crippen LogP contribution in [0.25, 0.3) is 0 Å². The van der Waals surface area contributed by atoms with Gasteiger partial charge in [0.15, 0.2) is 6.10 Å². The van der Waals surface area contributed by atoms with Crippen LogP contribution in [0.4, 0.5) is 0 Å². The van der Waals surface area contributed by atoms with Crippen molar-refractivity contribution < 1.29 is 37.6 Å². The van der Waals surface area contributed by atoms with Crippen molar-refractivity contribution in [2.75, 3.05) is 26.4 Å². The van der Waals surface area contributed by atoms with Gasteiger partial charge >= 0.3 is 19.8 Å². The second kappa shape index (κ2) is 44.5. The van der Waals surface area contributed by atoms with Gasteiger partial charge < -0.3 is 20.1 Å². The molecule has 1 unspecified atom stereocenters. The number of hydrogen-bond donors (Lipinski definition) is 2. The van der Waals surface area contributed by atoms with E-state index in [0.29, 0.717) is 12.8 Å². The molecule has 0 rings (SSSR count). The lowest BCUT2D eigenvalue weighted by molar-refractivity contribution is -0.161. The first kappa shape index (κ1) is 55.9. The molecule has 0 heterocycles. The minimum atomic E-state index is -4.41. The zero-order valence-corrected chi connectivity index (χ0v) is 37.8. The Hall–Kier alpha value is -3.07. The monoisotopic (exact) mass is 844 g/mol. The predicted molar refractivity (Wildman–Crippen MR) is 247 cm³/mol. The molecular formula is C49H82NO8P. The van der Waals surface area contributed by atoms with E-state index in [2.05, 4.69) is 98.9 Å². The fourth-order valence-corrected chi connectivity index (χ4v) is 6.40. The Morgan fingerprint density at radius 3 is 1.46 bits per heavy atom. The number of phosphoric acid groups is 1. The van der Waals surface area contributed by atoms with Crippen LogP contribution in [0, 0.1) is 0 Å². The van der Waals surface area contributed by atoms with Crippen molar-refractivity contribution in [3.8, 4) is 0 Å². The van der Waals surface area contributed by atoms with E-state index in [1.54, 1.807) is 0 Å². The Bertz CT molecular complexity index is 1280. The summed E-state index contributed by atoms with van der Waals surface area (Å²) in [6.45, 7) is 3.49. The van der Waals surface area contributed by atoms with E-state index in [-0.39, 0.29) is 32.6 Å². The Labute approximate surface area is 359 Å². The molecule has 0 aromatic carbocycles. The molecule has 0 saturated carbocycles. The van der Waals surface area contributed by atoms with Gasteiger partial charge in [-0.2, -0.15) is 0 Å². The molecule has 9 nitrogen and oxygen atoms in total. The molecule has 0 saturated heterocycles. The molecule has 0 fully saturated rings. The second-order valence-electron chi connectivity index (χ2n) is 14.5. The van der Waals surface area contributed by atoms with Crippen LogP contribution >= 0.6 is 7.82 Å². The van der Waals surface area contributed by atoms with Crippen LogP contribution in [0.5, 0.6) is 0 Å². The Morgan fingerprint density at radius 2 is 0.966 bits per heavy atom. The molecular weight excluding hydrogens is 762 g/mol. The molecule has 0 aliphatic heterocycles. The summed E-state index contributed by atoms with van der Waals surface area (Å²) in [6, 6.07) is 0. The summed E-state index contributed by atoms with van der Waals surface area (Å²) in [6.07, 6.45) is 57.4. The zero-order valence-electron chi connectivity index (χ0n) is 36.9. The topological polar surface area (TPSA) is 134 Å². The number of nitrogens with two attached hydrogens (primary N) is 1. The molecule has 10 heteroatoms. The Kier molecular flexibility index (Phi) is 42.2. The normalized spacial score (nSPS) is 14.2. The van der Waals surface area contributed by atoms with Gasteiger partial charge in [0.25, 0.3) is 0 Å². The van der Waals surface area contributed by atoms with Crippen molar-refractivity contribution in [3.05, 3.63) is 97.2 Å². The lowest BCUT2D eigenvalue weighted by Crippen LogP contribution is -2.29. The van der Waals surface area contributed by atoms with Gasteiger partial charge in [-0.3, -0.25) is 18.6 Å². The number of carbonyl (C=O) groups is 2. The van der Waals surface area contributed by atoms with Crippen molar-refractivity contribution in [1.82, 2.24) is 0 Å². The highest BCUT2D eigenvalue weighted by atomic mass is 31.2. The van der Waals surface area contributed by atoms with E-state index in [0.717, 1.165) is 70.6 Å². The van der Waals surface area contributed by atoms with E-state index < -0.39 is 32.5 Å². The first-order valence-corrected chi connectivity index (χ1v) is 24.2. The number of carbonyl (C=O) groups excluding carboxylic acids is 2. The van der Waals surface area contributed by atoms with E-state index in [4.69, 9.17) is 24.3 Å². The highest BCUT2D eigenvalue weighted by molar-refractivity contribution is 7.47. The summed E-state index contributed by atoms with van der Waals surface area (Å²) in [4.78, 5) is 34.9. The Balaban J connectivity index is 4.27. The quantitative estimate of drug-likeness (QED) is 0.0267. The number of allylic oxidation sites excluding steroid dienone is 16. The van der Waals surface area contributed by atoms with Crippen molar-refractivity contribution in [3.63, 3.8) is 0 Å². The van der Waals surface area contributed by atoms with Gasteiger partial charge in [-0.15, -0.1) is 0 Å². The average molecular weight is 844 g/mol. The third kappa shape index (κ3) is 44.3. The molecule has 0 aromatic rings. The minimum Gasteiger partial charge on any atom is -0.462 e. The summed E-state index contributed by atoms with van der Waals surface area (Å²) >= 11 is 0. The molecule has 336 valence electrons. The summed E-state index contributed by atoms with van der Waals surface area (Å²) in [5.41, 5.74) is 5.35. The van der Waals surface area contributed by atoms with Crippen LogP contribution in [0.15, 0.2) is 97.2 Å². The fraction of sp³-hybridized carbons (Fsp3) is 0.633. The van der Waals surface area contributed by atoms with Crippen molar-refractivity contribution in [1.29, 1.82) is 0 Å². The third-order valence-corrected chi connectivity index (χ3v) is 9.95. The van der Waals surface area contributed by atoms with E-state index >= 15 is 0 Å². The molecule has 3 N–H and O–H groups in total. The van der Waals surface area contributed by atoms with E-state index in [1.807, 2.05) is 12.2 Å². The van der Waals surface area contributed by atoms with Gasteiger partial charge in [-0.25, -0.2) is 4.57 Å². The number of ether oxygens (including phenoxy) is 2. The van der Waals surface area contributed by atoms with Crippen LogP contribution < -0.4 is 5.73 Å². The van der Waals surface area contributed by atoms with E-state index in [1.165, 1.54) is 57.8 Å². The van der Waals surface area contributed by atoms with Crippen molar-refractivity contribution >= 4 is 19.8 Å². The highest BCUT2D eigenvalue weighted by Gasteiger charge is 2.25. The smallest absolute Gasteiger partial charge is 0.462 e.